The first-order valence-electron chi connectivity index (χ1n) is 7.47. The average molecular weight is 298 g/mol. The summed E-state index contributed by atoms with van der Waals surface area (Å²) in [6.07, 6.45) is 4.72. The minimum Gasteiger partial charge on any atom is -0.342 e. The van der Waals surface area contributed by atoms with E-state index in [1.54, 1.807) is 6.07 Å². The van der Waals surface area contributed by atoms with Crippen LogP contribution in [0.1, 0.15) is 43.6 Å². The number of carbonyl (C=O) groups excluding carboxylic acids is 1. The zero-order valence-electron chi connectivity index (χ0n) is 12.3. The first-order valence-corrected chi connectivity index (χ1v) is 7.85. The van der Waals surface area contributed by atoms with Crippen LogP contribution in [0.15, 0.2) is 12.3 Å². The fourth-order valence-corrected chi connectivity index (χ4v) is 3.13. The second kappa shape index (κ2) is 6.64. The lowest BCUT2D eigenvalue weighted by Gasteiger charge is -2.36. The fraction of sp³-hybridized carbons (Fsp3) is 0.667. The van der Waals surface area contributed by atoms with Crippen LogP contribution >= 0.6 is 11.6 Å². The van der Waals surface area contributed by atoms with Gasteiger partial charge in [-0.05, 0) is 24.8 Å². The summed E-state index contributed by atoms with van der Waals surface area (Å²) in [5.74, 6) is 0.480. The Bertz CT molecular complexity index is 472. The quantitative estimate of drug-likeness (QED) is 0.929. The highest BCUT2D eigenvalue weighted by atomic mass is 35.5. The zero-order chi connectivity index (χ0) is 14.7. The third kappa shape index (κ3) is 3.18. The molecule has 1 fully saturated rings. The number of hydrogen-bond acceptors (Lipinski definition) is 2. The molecule has 0 aliphatic carbocycles. The lowest BCUT2D eigenvalue weighted by molar-refractivity contribution is 0.0638. The number of rotatable bonds is 4. The van der Waals surface area contributed by atoms with Crippen LogP contribution < -0.4 is 5.73 Å². The Morgan fingerprint density at radius 3 is 2.90 bits per heavy atom. The van der Waals surface area contributed by atoms with E-state index in [0.717, 1.165) is 38.9 Å². The van der Waals surface area contributed by atoms with Gasteiger partial charge in [0.25, 0.3) is 5.91 Å². The molecule has 5 heteroatoms. The van der Waals surface area contributed by atoms with Crippen molar-refractivity contribution in [2.45, 2.75) is 45.7 Å². The van der Waals surface area contributed by atoms with Gasteiger partial charge in [-0.15, -0.1) is 0 Å². The normalized spacial score (nSPS) is 23.1. The second-order valence-corrected chi connectivity index (χ2v) is 6.05. The van der Waals surface area contributed by atoms with Crippen LogP contribution in [0.5, 0.6) is 0 Å². The largest absolute Gasteiger partial charge is 0.342 e. The van der Waals surface area contributed by atoms with Crippen LogP contribution in [-0.4, -0.2) is 34.5 Å². The Kier molecular flexibility index (Phi) is 5.11. The summed E-state index contributed by atoms with van der Waals surface area (Å²) in [7, 11) is 0. The van der Waals surface area contributed by atoms with E-state index < -0.39 is 0 Å². The molecule has 2 rings (SSSR count). The SMILES string of the molecule is CCCn1cc(Cl)cc1C(=O)N1CCC(N)C(CC)C1. The molecular formula is C15H24ClN3O. The maximum Gasteiger partial charge on any atom is 0.270 e. The highest BCUT2D eigenvalue weighted by Crippen LogP contribution is 2.22. The molecule has 1 amide bonds. The molecule has 1 aliphatic heterocycles. The van der Waals surface area contributed by atoms with Crippen molar-refractivity contribution >= 4 is 17.5 Å². The van der Waals surface area contributed by atoms with Gasteiger partial charge in [0.05, 0.1) is 5.02 Å². The Labute approximate surface area is 125 Å². The van der Waals surface area contributed by atoms with Crippen molar-refractivity contribution in [1.29, 1.82) is 0 Å². The van der Waals surface area contributed by atoms with Crippen molar-refractivity contribution in [1.82, 2.24) is 9.47 Å². The molecule has 4 nitrogen and oxygen atoms in total. The Morgan fingerprint density at radius 1 is 1.50 bits per heavy atom. The zero-order valence-corrected chi connectivity index (χ0v) is 13.1. The number of nitrogens with two attached hydrogens (primary N) is 1. The first-order chi connectivity index (χ1) is 9.56. The molecule has 2 N–H and O–H groups in total. The molecule has 20 heavy (non-hydrogen) atoms. The van der Waals surface area contributed by atoms with Crippen LogP contribution in [0.4, 0.5) is 0 Å². The molecular weight excluding hydrogens is 274 g/mol. The van der Waals surface area contributed by atoms with Crippen molar-refractivity contribution < 1.29 is 4.79 Å². The van der Waals surface area contributed by atoms with Gasteiger partial charge in [0.2, 0.25) is 0 Å². The van der Waals surface area contributed by atoms with Gasteiger partial charge in [-0.25, -0.2) is 0 Å². The third-order valence-corrected chi connectivity index (χ3v) is 4.36. The number of aryl methyl sites for hydroxylation is 1. The lowest BCUT2D eigenvalue weighted by Crippen LogP contribution is -2.49. The Morgan fingerprint density at radius 2 is 2.25 bits per heavy atom. The second-order valence-electron chi connectivity index (χ2n) is 5.61. The summed E-state index contributed by atoms with van der Waals surface area (Å²) in [5, 5.41) is 0.627. The molecule has 0 aromatic carbocycles. The van der Waals surface area contributed by atoms with E-state index in [1.807, 2.05) is 15.7 Å². The van der Waals surface area contributed by atoms with E-state index in [2.05, 4.69) is 13.8 Å². The molecule has 0 radical (unpaired) electrons. The predicted molar refractivity (Wildman–Crippen MR) is 82.0 cm³/mol. The molecule has 2 heterocycles. The molecule has 0 spiro atoms. The summed E-state index contributed by atoms with van der Waals surface area (Å²) in [6.45, 7) is 6.54. The lowest BCUT2D eigenvalue weighted by atomic mass is 9.90. The van der Waals surface area contributed by atoms with Crippen molar-refractivity contribution in [2.24, 2.45) is 11.7 Å². The van der Waals surface area contributed by atoms with Crippen molar-refractivity contribution in [3.8, 4) is 0 Å². The van der Waals surface area contributed by atoms with Gasteiger partial charge in [0.1, 0.15) is 5.69 Å². The van der Waals surface area contributed by atoms with Crippen LogP contribution in [0, 0.1) is 5.92 Å². The topological polar surface area (TPSA) is 51.3 Å². The van der Waals surface area contributed by atoms with Gasteiger partial charge in [0.15, 0.2) is 0 Å². The van der Waals surface area contributed by atoms with Crippen LogP contribution in [0.2, 0.25) is 5.02 Å². The third-order valence-electron chi connectivity index (χ3n) is 4.15. The van der Waals surface area contributed by atoms with E-state index >= 15 is 0 Å². The van der Waals surface area contributed by atoms with Crippen LogP contribution in [0.25, 0.3) is 0 Å². The summed E-state index contributed by atoms with van der Waals surface area (Å²) in [6, 6.07) is 1.99. The van der Waals surface area contributed by atoms with Gasteiger partial charge in [-0.3, -0.25) is 4.79 Å². The number of aromatic nitrogens is 1. The minimum atomic E-state index is 0.0794. The number of likely N-dealkylation sites (tertiary alicyclic amines) is 1. The maximum absolute atomic E-state index is 12.7. The number of carbonyl (C=O) groups is 1. The van der Waals surface area contributed by atoms with E-state index in [0.29, 0.717) is 16.6 Å². The molecule has 0 bridgehead atoms. The van der Waals surface area contributed by atoms with Crippen LogP contribution in [-0.2, 0) is 6.54 Å². The van der Waals surface area contributed by atoms with E-state index in [4.69, 9.17) is 17.3 Å². The maximum atomic E-state index is 12.7. The highest BCUT2D eigenvalue weighted by Gasteiger charge is 2.29. The molecule has 2 atom stereocenters. The summed E-state index contributed by atoms with van der Waals surface area (Å²) < 4.78 is 1.96. The summed E-state index contributed by atoms with van der Waals surface area (Å²) in [4.78, 5) is 14.6. The smallest absolute Gasteiger partial charge is 0.270 e. The van der Waals surface area contributed by atoms with E-state index in [9.17, 15) is 4.79 Å². The van der Waals surface area contributed by atoms with Gasteiger partial charge in [-0.1, -0.05) is 31.9 Å². The monoisotopic (exact) mass is 297 g/mol. The molecule has 1 saturated heterocycles. The number of amides is 1. The van der Waals surface area contributed by atoms with Gasteiger partial charge < -0.3 is 15.2 Å². The molecule has 0 saturated carbocycles. The number of halogens is 1. The van der Waals surface area contributed by atoms with Crippen molar-refractivity contribution in [3.63, 3.8) is 0 Å². The van der Waals surface area contributed by atoms with Crippen molar-refractivity contribution in [3.05, 3.63) is 23.0 Å². The van der Waals surface area contributed by atoms with E-state index in [-0.39, 0.29) is 11.9 Å². The molecule has 1 aromatic rings. The molecule has 1 aromatic heterocycles. The minimum absolute atomic E-state index is 0.0794. The van der Waals surface area contributed by atoms with Crippen molar-refractivity contribution in [2.75, 3.05) is 13.1 Å². The number of nitrogens with zero attached hydrogens (tertiary/aromatic N) is 2. The molecule has 2 unspecified atom stereocenters. The van der Waals surface area contributed by atoms with Gasteiger partial charge in [-0.2, -0.15) is 0 Å². The summed E-state index contributed by atoms with van der Waals surface area (Å²) in [5.41, 5.74) is 6.80. The number of hydrogen-bond donors (Lipinski definition) is 1. The number of piperidine rings is 1. The molecule has 112 valence electrons. The standard InChI is InChI=1S/C15H24ClN3O/c1-3-6-18-10-12(16)8-14(18)15(20)19-7-5-13(17)11(4-2)9-19/h8,10-11,13H,3-7,9,17H2,1-2H3. The van der Waals surface area contributed by atoms with Gasteiger partial charge >= 0.3 is 0 Å². The Hall–Kier alpha value is -1.00. The van der Waals surface area contributed by atoms with Gasteiger partial charge in [0, 0.05) is 31.9 Å². The predicted octanol–water partition coefficient (Wildman–Crippen LogP) is 2.75. The Balaban J connectivity index is 2.15. The molecule has 1 aliphatic rings. The van der Waals surface area contributed by atoms with Crippen LogP contribution in [0.3, 0.4) is 0 Å². The van der Waals surface area contributed by atoms with E-state index in [1.165, 1.54) is 0 Å². The summed E-state index contributed by atoms with van der Waals surface area (Å²) >= 11 is 6.05. The first kappa shape index (κ1) is 15.4. The fourth-order valence-electron chi connectivity index (χ4n) is 2.91. The highest BCUT2D eigenvalue weighted by molar-refractivity contribution is 6.31. The average Bonchev–Trinajstić information content (AvgIpc) is 2.80.